The molecular weight excluding hydrogens is 256 g/mol. The fraction of sp³-hybridized carbons (Fsp3) is 0.625. The Bertz CT molecular complexity index is 438. The summed E-state index contributed by atoms with van der Waals surface area (Å²) in [5.74, 6) is 1.29. The van der Waals surface area contributed by atoms with Gasteiger partial charge < -0.3 is 19.7 Å². The Morgan fingerprint density at radius 1 is 1.10 bits per heavy atom. The average molecular weight is 280 g/mol. The summed E-state index contributed by atoms with van der Waals surface area (Å²) in [6, 6.07) is 5.37. The van der Waals surface area contributed by atoms with E-state index in [1.807, 2.05) is 13.8 Å². The van der Waals surface area contributed by atoms with Crippen LogP contribution >= 0.6 is 0 Å². The maximum Gasteiger partial charge on any atom is 0.161 e. The van der Waals surface area contributed by atoms with Crippen molar-refractivity contribution in [2.24, 2.45) is 0 Å². The topological polar surface area (TPSA) is 58.9 Å². The number of aliphatic hydroxyl groups excluding tert-OH is 1. The van der Waals surface area contributed by atoms with Crippen molar-refractivity contribution >= 4 is 0 Å². The lowest BCUT2D eigenvalue weighted by atomic mass is 9.89. The molecule has 0 aliphatic heterocycles. The van der Waals surface area contributed by atoms with Crippen LogP contribution in [0.3, 0.4) is 0 Å². The van der Waals surface area contributed by atoms with E-state index in [2.05, 4.69) is 0 Å². The van der Waals surface area contributed by atoms with Crippen molar-refractivity contribution in [1.29, 1.82) is 0 Å². The molecule has 1 aromatic carbocycles. The number of benzene rings is 1. The molecule has 1 aromatic rings. The van der Waals surface area contributed by atoms with E-state index in [0.717, 1.165) is 12.8 Å². The van der Waals surface area contributed by atoms with Gasteiger partial charge in [-0.2, -0.15) is 0 Å². The van der Waals surface area contributed by atoms with E-state index in [0.29, 0.717) is 43.1 Å². The lowest BCUT2D eigenvalue weighted by molar-refractivity contribution is -0.0719. The Labute approximate surface area is 120 Å². The van der Waals surface area contributed by atoms with Crippen LogP contribution < -0.4 is 9.47 Å². The minimum Gasteiger partial charge on any atom is -0.490 e. The number of hydrogen-bond acceptors (Lipinski definition) is 4. The van der Waals surface area contributed by atoms with Crippen LogP contribution in [0, 0.1) is 0 Å². The largest absolute Gasteiger partial charge is 0.490 e. The highest BCUT2D eigenvalue weighted by Gasteiger charge is 2.39. The standard InChI is InChI=1S/C16H24O4/c1-3-19-13-8-7-12(11-14(13)20-4-2)15(17)16(18)9-5-6-10-16/h7-8,11,15,17-18H,3-6,9-10H2,1-2H3. The molecule has 112 valence electrons. The summed E-state index contributed by atoms with van der Waals surface area (Å²) in [5, 5.41) is 20.9. The van der Waals surface area contributed by atoms with Crippen molar-refractivity contribution < 1.29 is 19.7 Å². The number of rotatable bonds is 6. The van der Waals surface area contributed by atoms with Gasteiger partial charge in [0.2, 0.25) is 0 Å². The van der Waals surface area contributed by atoms with Crippen molar-refractivity contribution in [1.82, 2.24) is 0 Å². The Morgan fingerprint density at radius 2 is 1.70 bits per heavy atom. The molecule has 1 atom stereocenters. The van der Waals surface area contributed by atoms with E-state index in [4.69, 9.17) is 9.47 Å². The maximum atomic E-state index is 10.5. The highest BCUT2D eigenvalue weighted by molar-refractivity contribution is 5.44. The van der Waals surface area contributed by atoms with Gasteiger partial charge in [0.15, 0.2) is 11.5 Å². The van der Waals surface area contributed by atoms with Gasteiger partial charge in [0.05, 0.1) is 18.8 Å². The average Bonchev–Trinajstić information content (AvgIpc) is 2.89. The summed E-state index contributed by atoms with van der Waals surface area (Å²) >= 11 is 0. The SMILES string of the molecule is CCOc1ccc(C(O)C2(O)CCCC2)cc1OCC. The molecule has 4 nitrogen and oxygen atoms in total. The monoisotopic (exact) mass is 280 g/mol. The lowest BCUT2D eigenvalue weighted by Gasteiger charge is -2.29. The summed E-state index contributed by atoms with van der Waals surface area (Å²) in [4.78, 5) is 0. The van der Waals surface area contributed by atoms with Crippen LogP contribution in [0.5, 0.6) is 11.5 Å². The van der Waals surface area contributed by atoms with Gasteiger partial charge in [-0.1, -0.05) is 18.9 Å². The molecular formula is C16H24O4. The van der Waals surface area contributed by atoms with E-state index < -0.39 is 11.7 Å². The third-order valence-corrected chi connectivity index (χ3v) is 3.86. The van der Waals surface area contributed by atoms with Gasteiger partial charge in [-0.25, -0.2) is 0 Å². The Hall–Kier alpha value is -1.26. The molecule has 0 bridgehead atoms. The van der Waals surface area contributed by atoms with Gasteiger partial charge in [-0.15, -0.1) is 0 Å². The molecule has 2 N–H and O–H groups in total. The number of ether oxygens (including phenoxy) is 2. The number of aliphatic hydroxyl groups is 2. The van der Waals surface area contributed by atoms with Gasteiger partial charge in [-0.3, -0.25) is 0 Å². The molecule has 0 amide bonds. The zero-order chi connectivity index (χ0) is 14.6. The summed E-state index contributed by atoms with van der Waals surface area (Å²) in [7, 11) is 0. The predicted molar refractivity (Wildman–Crippen MR) is 77.2 cm³/mol. The molecule has 0 aromatic heterocycles. The minimum atomic E-state index is -1.00. The normalized spacial score (nSPS) is 18.8. The van der Waals surface area contributed by atoms with E-state index in [-0.39, 0.29) is 0 Å². The van der Waals surface area contributed by atoms with Crippen LogP contribution in [0.1, 0.15) is 51.2 Å². The third kappa shape index (κ3) is 3.07. The van der Waals surface area contributed by atoms with E-state index in [1.165, 1.54) is 0 Å². The third-order valence-electron chi connectivity index (χ3n) is 3.86. The molecule has 2 rings (SSSR count). The second-order valence-corrected chi connectivity index (χ2v) is 5.29. The van der Waals surface area contributed by atoms with E-state index >= 15 is 0 Å². The summed E-state index contributed by atoms with van der Waals surface area (Å²) in [6.45, 7) is 4.92. The predicted octanol–water partition coefficient (Wildman–Crippen LogP) is 2.82. The molecule has 1 saturated carbocycles. The molecule has 0 radical (unpaired) electrons. The van der Waals surface area contributed by atoms with Crippen molar-refractivity contribution in [2.45, 2.75) is 51.2 Å². The van der Waals surface area contributed by atoms with Gasteiger partial charge in [0.1, 0.15) is 6.10 Å². The van der Waals surface area contributed by atoms with Gasteiger partial charge >= 0.3 is 0 Å². The first-order chi connectivity index (χ1) is 9.60. The highest BCUT2D eigenvalue weighted by atomic mass is 16.5. The van der Waals surface area contributed by atoms with Gasteiger partial charge in [0, 0.05) is 0 Å². The lowest BCUT2D eigenvalue weighted by Crippen LogP contribution is -2.32. The molecule has 0 heterocycles. The van der Waals surface area contributed by atoms with Crippen molar-refractivity contribution in [2.75, 3.05) is 13.2 Å². The second kappa shape index (κ2) is 6.46. The maximum absolute atomic E-state index is 10.5. The molecule has 0 spiro atoms. The molecule has 4 heteroatoms. The van der Waals surface area contributed by atoms with Gasteiger partial charge in [0.25, 0.3) is 0 Å². The van der Waals surface area contributed by atoms with Crippen LogP contribution in [-0.4, -0.2) is 29.0 Å². The molecule has 1 unspecified atom stereocenters. The first-order valence-electron chi connectivity index (χ1n) is 7.40. The summed E-state index contributed by atoms with van der Waals surface area (Å²) in [5.41, 5.74) is -0.322. The Balaban J connectivity index is 2.25. The molecule has 0 saturated heterocycles. The quantitative estimate of drug-likeness (QED) is 0.841. The van der Waals surface area contributed by atoms with Crippen LogP contribution in [0.25, 0.3) is 0 Å². The molecule has 1 aliphatic rings. The minimum absolute atomic E-state index is 0.532. The van der Waals surface area contributed by atoms with E-state index in [9.17, 15) is 10.2 Å². The van der Waals surface area contributed by atoms with Crippen LogP contribution in [-0.2, 0) is 0 Å². The summed E-state index contributed by atoms with van der Waals surface area (Å²) < 4.78 is 11.1. The van der Waals surface area contributed by atoms with Crippen LogP contribution in [0.2, 0.25) is 0 Å². The Morgan fingerprint density at radius 3 is 2.30 bits per heavy atom. The second-order valence-electron chi connectivity index (χ2n) is 5.29. The van der Waals surface area contributed by atoms with Crippen molar-refractivity contribution in [3.8, 4) is 11.5 Å². The van der Waals surface area contributed by atoms with Crippen LogP contribution in [0.15, 0.2) is 18.2 Å². The van der Waals surface area contributed by atoms with E-state index in [1.54, 1.807) is 18.2 Å². The zero-order valence-electron chi connectivity index (χ0n) is 12.3. The first kappa shape index (κ1) is 15.1. The van der Waals surface area contributed by atoms with Crippen molar-refractivity contribution in [3.63, 3.8) is 0 Å². The fourth-order valence-corrected chi connectivity index (χ4v) is 2.81. The van der Waals surface area contributed by atoms with Gasteiger partial charge in [-0.05, 0) is 44.4 Å². The molecule has 20 heavy (non-hydrogen) atoms. The molecule has 1 fully saturated rings. The number of hydrogen-bond donors (Lipinski definition) is 2. The van der Waals surface area contributed by atoms with Crippen LogP contribution in [0.4, 0.5) is 0 Å². The van der Waals surface area contributed by atoms with Crippen molar-refractivity contribution in [3.05, 3.63) is 23.8 Å². The summed E-state index contributed by atoms with van der Waals surface area (Å²) in [6.07, 6.45) is 2.34. The Kier molecular flexibility index (Phi) is 4.89. The smallest absolute Gasteiger partial charge is 0.161 e. The fourth-order valence-electron chi connectivity index (χ4n) is 2.81. The highest BCUT2D eigenvalue weighted by Crippen LogP contribution is 2.41. The molecule has 1 aliphatic carbocycles. The zero-order valence-corrected chi connectivity index (χ0v) is 12.3. The first-order valence-corrected chi connectivity index (χ1v) is 7.40.